The number of hydrogen-bond acceptors (Lipinski definition) is 5. The summed E-state index contributed by atoms with van der Waals surface area (Å²) in [6.07, 6.45) is 2.31. The van der Waals surface area contributed by atoms with E-state index >= 15 is 0 Å². The highest BCUT2D eigenvalue weighted by Crippen LogP contribution is 2.30. The number of aryl methyl sites for hydroxylation is 2. The lowest BCUT2D eigenvalue weighted by Crippen LogP contribution is -2.20. The third kappa shape index (κ3) is 4.52. The molecule has 0 fully saturated rings. The van der Waals surface area contributed by atoms with Crippen LogP contribution in [0.2, 0.25) is 0 Å². The molecule has 0 saturated carbocycles. The molecule has 6 rings (SSSR count). The normalized spacial score (nSPS) is 11.3. The fourth-order valence-corrected chi connectivity index (χ4v) is 4.98. The van der Waals surface area contributed by atoms with Crippen LogP contribution in [0.1, 0.15) is 22.6 Å². The average Bonchev–Trinajstić information content (AvgIpc) is 3.30. The second-order valence-corrected chi connectivity index (χ2v) is 9.51. The molecule has 0 radical (unpaired) electrons. The Labute approximate surface area is 225 Å². The van der Waals surface area contributed by atoms with Crippen LogP contribution in [-0.2, 0) is 20.1 Å². The molecule has 3 heterocycles. The van der Waals surface area contributed by atoms with E-state index in [1.807, 2.05) is 103 Å². The first-order chi connectivity index (χ1) is 19.0. The Bertz CT molecular complexity index is 1860. The van der Waals surface area contributed by atoms with Gasteiger partial charge in [-0.05, 0) is 54.4 Å². The lowest BCUT2D eigenvalue weighted by Gasteiger charge is -2.15. The van der Waals surface area contributed by atoms with Crippen molar-refractivity contribution in [2.24, 2.45) is 7.05 Å². The van der Waals surface area contributed by atoms with Crippen molar-refractivity contribution in [3.8, 4) is 17.2 Å². The zero-order valence-electron chi connectivity index (χ0n) is 22.1. The number of aromatic nitrogens is 4. The van der Waals surface area contributed by atoms with Gasteiger partial charge in [0.2, 0.25) is 0 Å². The first-order valence-electron chi connectivity index (χ1n) is 12.8. The Kier molecular flexibility index (Phi) is 6.32. The lowest BCUT2D eigenvalue weighted by atomic mass is 10.1. The van der Waals surface area contributed by atoms with Gasteiger partial charge in [0.25, 0.3) is 5.56 Å². The first kappa shape index (κ1) is 24.4. The van der Waals surface area contributed by atoms with Gasteiger partial charge in [0, 0.05) is 31.1 Å². The molecule has 0 N–H and O–H groups in total. The number of fused-ring (bicyclic) bond motifs is 3. The molecule has 0 unspecified atom stereocenters. The minimum absolute atomic E-state index is 0.189. The van der Waals surface area contributed by atoms with Gasteiger partial charge in [0.1, 0.15) is 23.9 Å². The van der Waals surface area contributed by atoms with Crippen molar-refractivity contribution in [1.29, 1.82) is 0 Å². The summed E-state index contributed by atoms with van der Waals surface area (Å²) in [7, 11) is 3.62. The van der Waals surface area contributed by atoms with E-state index in [1.165, 1.54) is 0 Å². The number of ether oxygens (including phenoxy) is 2. The van der Waals surface area contributed by atoms with Gasteiger partial charge in [-0.1, -0.05) is 42.5 Å². The number of pyridine rings is 2. The van der Waals surface area contributed by atoms with Crippen molar-refractivity contribution < 1.29 is 9.47 Å². The number of rotatable bonds is 7. The van der Waals surface area contributed by atoms with E-state index in [0.29, 0.717) is 24.3 Å². The molecule has 3 aromatic carbocycles. The molecule has 3 aromatic heterocycles. The van der Waals surface area contributed by atoms with Crippen molar-refractivity contribution in [2.45, 2.75) is 20.0 Å². The van der Waals surface area contributed by atoms with Crippen LogP contribution < -0.4 is 15.0 Å². The monoisotopic (exact) mass is 516 g/mol. The minimum Gasteiger partial charge on any atom is -0.497 e. The zero-order valence-corrected chi connectivity index (χ0v) is 22.1. The van der Waals surface area contributed by atoms with E-state index in [-0.39, 0.29) is 5.56 Å². The summed E-state index contributed by atoms with van der Waals surface area (Å²) in [5.41, 5.74) is 5.41. The maximum atomic E-state index is 14.1. The summed E-state index contributed by atoms with van der Waals surface area (Å²) >= 11 is 0. The molecule has 0 bridgehead atoms. The molecule has 7 heteroatoms. The number of methoxy groups -OCH3 is 1. The average molecular weight is 517 g/mol. The van der Waals surface area contributed by atoms with Crippen molar-refractivity contribution >= 4 is 21.9 Å². The van der Waals surface area contributed by atoms with Gasteiger partial charge in [-0.3, -0.25) is 14.3 Å². The minimum atomic E-state index is -0.189. The van der Waals surface area contributed by atoms with Crippen LogP contribution in [0, 0.1) is 6.92 Å². The van der Waals surface area contributed by atoms with Gasteiger partial charge in [0.15, 0.2) is 5.52 Å². The summed E-state index contributed by atoms with van der Waals surface area (Å²) in [5, 5.41) is 0.913. The summed E-state index contributed by atoms with van der Waals surface area (Å²) in [6, 6.07) is 27.6. The molecule has 0 atom stereocenters. The number of benzene rings is 3. The van der Waals surface area contributed by atoms with Gasteiger partial charge in [-0.2, -0.15) is 0 Å². The fourth-order valence-electron chi connectivity index (χ4n) is 4.98. The van der Waals surface area contributed by atoms with Crippen LogP contribution in [0.15, 0.2) is 95.9 Å². The predicted octanol–water partition coefficient (Wildman–Crippen LogP) is 5.76. The fraction of sp³-hybridized carbons (Fsp3) is 0.156. The molecule has 0 aliphatic rings. The van der Waals surface area contributed by atoms with Gasteiger partial charge in [0.05, 0.1) is 29.5 Å². The molecule has 0 spiro atoms. The Morgan fingerprint density at radius 1 is 0.872 bits per heavy atom. The maximum Gasteiger partial charge on any atom is 0.283 e. The van der Waals surface area contributed by atoms with Crippen LogP contribution in [-0.4, -0.2) is 26.2 Å². The number of hydrogen-bond donors (Lipinski definition) is 0. The first-order valence-corrected chi connectivity index (χ1v) is 12.8. The van der Waals surface area contributed by atoms with Gasteiger partial charge in [-0.15, -0.1) is 0 Å². The summed E-state index contributed by atoms with van der Waals surface area (Å²) in [5.74, 6) is 2.29. The molecule has 6 aromatic rings. The molecule has 39 heavy (non-hydrogen) atoms. The Morgan fingerprint density at radius 2 is 1.64 bits per heavy atom. The summed E-state index contributed by atoms with van der Waals surface area (Å²) in [4.78, 5) is 23.4. The number of imidazole rings is 1. The highest BCUT2D eigenvalue weighted by molar-refractivity contribution is 6.03. The zero-order chi connectivity index (χ0) is 26.9. The molecule has 0 aliphatic carbocycles. The summed E-state index contributed by atoms with van der Waals surface area (Å²) in [6.45, 7) is 2.34. The molecule has 0 saturated heterocycles. The van der Waals surface area contributed by atoms with Crippen LogP contribution in [0.4, 0.5) is 0 Å². The molecule has 0 amide bonds. The molecular formula is C32H28N4O3. The van der Waals surface area contributed by atoms with Crippen LogP contribution in [0.5, 0.6) is 11.5 Å². The molecule has 7 nitrogen and oxygen atoms in total. The van der Waals surface area contributed by atoms with E-state index in [0.717, 1.165) is 50.5 Å². The van der Waals surface area contributed by atoms with Gasteiger partial charge < -0.3 is 14.0 Å². The van der Waals surface area contributed by atoms with E-state index in [4.69, 9.17) is 14.5 Å². The number of nitrogens with zero attached hydrogens (tertiary/aromatic N) is 4. The summed E-state index contributed by atoms with van der Waals surface area (Å²) < 4.78 is 15.2. The van der Waals surface area contributed by atoms with Crippen molar-refractivity contribution in [3.05, 3.63) is 124 Å². The molecular weight excluding hydrogens is 488 g/mol. The third-order valence-electron chi connectivity index (χ3n) is 7.05. The van der Waals surface area contributed by atoms with Crippen LogP contribution in [0.3, 0.4) is 0 Å². The largest absolute Gasteiger partial charge is 0.497 e. The van der Waals surface area contributed by atoms with E-state index in [2.05, 4.69) is 4.98 Å². The van der Waals surface area contributed by atoms with Crippen molar-refractivity contribution in [2.75, 3.05) is 7.11 Å². The van der Waals surface area contributed by atoms with Crippen molar-refractivity contribution in [3.63, 3.8) is 0 Å². The lowest BCUT2D eigenvalue weighted by molar-refractivity contribution is 0.306. The second kappa shape index (κ2) is 10.1. The Morgan fingerprint density at radius 3 is 2.38 bits per heavy atom. The van der Waals surface area contributed by atoms with Crippen LogP contribution in [0.25, 0.3) is 27.6 Å². The van der Waals surface area contributed by atoms with Gasteiger partial charge >= 0.3 is 0 Å². The Balaban J connectivity index is 1.53. The maximum absolute atomic E-state index is 14.1. The SMILES string of the molecule is COc1ccc(Cc2nc3c(=O)n(-c4cccnc4C)c4cc(OCc5ccccc5)ccc4c3n2C)cc1. The van der Waals surface area contributed by atoms with Gasteiger partial charge in [-0.25, -0.2) is 4.98 Å². The molecule has 194 valence electrons. The third-order valence-corrected chi connectivity index (χ3v) is 7.05. The Hall–Kier alpha value is -4.91. The van der Waals surface area contributed by atoms with E-state index in [9.17, 15) is 4.79 Å². The predicted molar refractivity (Wildman–Crippen MR) is 153 cm³/mol. The highest BCUT2D eigenvalue weighted by atomic mass is 16.5. The van der Waals surface area contributed by atoms with E-state index in [1.54, 1.807) is 17.9 Å². The highest BCUT2D eigenvalue weighted by Gasteiger charge is 2.20. The topological polar surface area (TPSA) is 71.2 Å². The smallest absolute Gasteiger partial charge is 0.283 e. The van der Waals surface area contributed by atoms with E-state index < -0.39 is 0 Å². The quantitative estimate of drug-likeness (QED) is 0.270. The second-order valence-electron chi connectivity index (χ2n) is 9.51. The van der Waals surface area contributed by atoms with Crippen molar-refractivity contribution in [1.82, 2.24) is 19.1 Å². The van der Waals surface area contributed by atoms with Crippen LogP contribution >= 0.6 is 0 Å². The molecule has 0 aliphatic heterocycles. The standard InChI is InChI=1S/C32H28N4O3/c1-21-27(10-7-17-33-21)36-28-19-25(39-20-23-8-5-4-6-9-23)15-16-26(28)31-30(32(36)37)34-29(35(31)2)18-22-11-13-24(38-3)14-12-22/h4-17,19H,18,20H2,1-3H3.